The van der Waals surface area contributed by atoms with E-state index in [0.717, 1.165) is 20.3 Å². The van der Waals surface area contributed by atoms with Crippen molar-refractivity contribution in [1.29, 1.82) is 0 Å². The molecule has 11 heteroatoms. The molecular formula is C37H42ClN3O5S2. The number of thioether (sulfide) groups is 1. The first-order valence-corrected chi connectivity index (χ1v) is 18.9. The van der Waals surface area contributed by atoms with Crippen LogP contribution in [-0.4, -0.2) is 56.6 Å². The lowest BCUT2D eigenvalue weighted by atomic mass is 10.0. The summed E-state index contributed by atoms with van der Waals surface area (Å²) in [5.41, 5.74) is 1.89. The van der Waals surface area contributed by atoms with Gasteiger partial charge < -0.3 is 15.0 Å². The molecule has 4 rings (SSSR count). The molecule has 0 aromatic heterocycles. The van der Waals surface area contributed by atoms with E-state index >= 15 is 0 Å². The van der Waals surface area contributed by atoms with E-state index in [4.69, 9.17) is 16.3 Å². The number of anilines is 1. The van der Waals surface area contributed by atoms with E-state index in [-0.39, 0.29) is 35.5 Å². The number of nitrogens with one attached hydrogen (secondary N) is 1. The molecule has 0 radical (unpaired) electrons. The minimum atomic E-state index is -4.22. The van der Waals surface area contributed by atoms with Gasteiger partial charge in [0.1, 0.15) is 18.3 Å². The summed E-state index contributed by atoms with van der Waals surface area (Å²) in [7, 11) is -4.22. The highest BCUT2D eigenvalue weighted by Crippen LogP contribution is 2.28. The summed E-state index contributed by atoms with van der Waals surface area (Å²) in [5, 5.41) is 3.58. The lowest BCUT2D eigenvalue weighted by Crippen LogP contribution is -2.54. The maximum atomic E-state index is 14.6. The molecule has 0 saturated carbocycles. The van der Waals surface area contributed by atoms with Gasteiger partial charge in [0.15, 0.2) is 0 Å². The Hall–Kier alpha value is -3.99. The molecule has 2 unspecified atom stereocenters. The van der Waals surface area contributed by atoms with Crippen LogP contribution in [0.5, 0.6) is 5.75 Å². The highest BCUT2D eigenvalue weighted by Gasteiger charge is 2.35. The fourth-order valence-electron chi connectivity index (χ4n) is 5.06. The van der Waals surface area contributed by atoms with Crippen molar-refractivity contribution in [2.45, 2.75) is 62.0 Å². The second-order valence-electron chi connectivity index (χ2n) is 11.3. The lowest BCUT2D eigenvalue weighted by Gasteiger charge is -2.34. The van der Waals surface area contributed by atoms with Crippen LogP contribution < -0.4 is 14.4 Å². The van der Waals surface area contributed by atoms with Crippen molar-refractivity contribution in [3.63, 3.8) is 0 Å². The van der Waals surface area contributed by atoms with Crippen LogP contribution in [0.1, 0.15) is 38.3 Å². The molecule has 0 aliphatic carbocycles. The smallest absolute Gasteiger partial charge is 0.264 e. The van der Waals surface area contributed by atoms with Crippen molar-refractivity contribution in [3.05, 3.63) is 119 Å². The van der Waals surface area contributed by atoms with Crippen LogP contribution in [0.15, 0.2) is 113 Å². The maximum Gasteiger partial charge on any atom is 0.264 e. The zero-order chi connectivity index (χ0) is 34.7. The number of nitrogens with zero attached hydrogens (tertiary/aromatic N) is 2. The molecule has 0 saturated heterocycles. The minimum Gasteiger partial charge on any atom is -0.494 e. The second-order valence-corrected chi connectivity index (χ2v) is 14.5. The van der Waals surface area contributed by atoms with Gasteiger partial charge in [-0.25, -0.2) is 8.42 Å². The van der Waals surface area contributed by atoms with E-state index in [1.54, 1.807) is 60.7 Å². The number of halogens is 1. The second kappa shape index (κ2) is 17.4. The third-order valence-electron chi connectivity index (χ3n) is 7.90. The van der Waals surface area contributed by atoms with Gasteiger partial charge >= 0.3 is 0 Å². The molecule has 0 bridgehead atoms. The molecule has 48 heavy (non-hydrogen) atoms. The normalized spacial score (nSPS) is 12.5. The molecule has 2 atom stereocenters. The summed E-state index contributed by atoms with van der Waals surface area (Å²) in [4.78, 5) is 31.0. The summed E-state index contributed by atoms with van der Waals surface area (Å²) in [6.45, 7) is 5.70. The van der Waals surface area contributed by atoms with E-state index in [0.29, 0.717) is 23.8 Å². The Morgan fingerprint density at radius 2 is 1.52 bits per heavy atom. The van der Waals surface area contributed by atoms with E-state index in [1.807, 2.05) is 57.4 Å². The Labute approximate surface area is 293 Å². The third kappa shape index (κ3) is 9.78. The third-order valence-corrected chi connectivity index (χ3v) is 10.7. The Balaban J connectivity index is 1.80. The van der Waals surface area contributed by atoms with Crippen LogP contribution in [0.25, 0.3) is 0 Å². The first-order valence-electron chi connectivity index (χ1n) is 15.8. The van der Waals surface area contributed by atoms with Gasteiger partial charge in [0.25, 0.3) is 10.0 Å². The van der Waals surface area contributed by atoms with Crippen LogP contribution in [0.4, 0.5) is 5.69 Å². The number of hydrogen-bond acceptors (Lipinski definition) is 6. The topological polar surface area (TPSA) is 96.0 Å². The van der Waals surface area contributed by atoms with Gasteiger partial charge in [-0.1, -0.05) is 61.0 Å². The standard InChI is InChI=1S/C37H42ClN3O5S2/c1-5-27(3)39-37(43)35(24-28-10-8-7-9-11-28)40(25-29-12-14-30(38)15-13-29)36(42)26-41(31-16-18-32(19-17-31)46-6-2)48(44,45)34-22-20-33(47-4)21-23-34/h7-23,27,35H,5-6,24-26H2,1-4H3,(H,39,43). The first-order chi connectivity index (χ1) is 23.0. The van der Waals surface area contributed by atoms with Gasteiger partial charge in [-0.2, -0.15) is 0 Å². The van der Waals surface area contributed by atoms with E-state index in [2.05, 4.69) is 5.32 Å². The van der Waals surface area contributed by atoms with Crippen LogP contribution in [0, 0.1) is 0 Å². The van der Waals surface area contributed by atoms with Gasteiger partial charge in [-0.05, 0) is 98.3 Å². The summed E-state index contributed by atoms with van der Waals surface area (Å²) in [5.74, 6) is -0.287. The minimum absolute atomic E-state index is 0.0431. The number of hydrogen-bond donors (Lipinski definition) is 1. The zero-order valence-corrected chi connectivity index (χ0v) is 30.0. The molecule has 4 aromatic rings. The SMILES string of the molecule is CCOc1ccc(N(CC(=O)N(Cc2ccc(Cl)cc2)C(Cc2ccccc2)C(=O)NC(C)CC)S(=O)(=O)c2ccc(SC)cc2)cc1. The number of carbonyl (C=O) groups is 2. The molecule has 0 fully saturated rings. The van der Waals surface area contributed by atoms with Gasteiger partial charge in [0.05, 0.1) is 17.2 Å². The van der Waals surface area contributed by atoms with Crippen molar-refractivity contribution in [3.8, 4) is 5.75 Å². The van der Waals surface area contributed by atoms with Crippen molar-refractivity contribution in [2.24, 2.45) is 0 Å². The molecule has 8 nitrogen and oxygen atoms in total. The van der Waals surface area contributed by atoms with Crippen LogP contribution in [-0.2, 0) is 32.6 Å². The monoisotopic (exact) mass is 707 g/mol. The van der Waals surface area contributed by atoms with Gasteiger partial charge in [0.2, 0.25) is 11.8 Å². The zero-order valence-electron chi connectivity index (χ0n) is 27.6. The predicted molar refractivity (Wildman–Crippen MR) is 194 cm³/mol. The van der Waals surface area contributed by atoms with Crippen molar-refractivity contribution in [2.75, 3.05) is 23.7 Å². The number of carbonyl (C=O) groups excluding carboxylic acids is 2. The number of benzene rings is 4. The Bertz CT molecular complexity index is 1740. The van der Waals surface area contributed by atoms with Crippen molar-refractivity contribution >= 4 is 50.9 Å². The predicted octanol–water partition coefficient (Wildman–Crippen LogP) is 7.21. The van der Waals surface area contributed by atoms with Gasteiger partial charge in [-0.3, -0.25) is 13.9 Å². The molecule has 0 heterocycles. The summed E-state index contributed by atoms with van der Waals surface area (Å²) in [6, 6.07) is 28.6. The molecule has 0 spiro atoms. The van der Waals surface area contributed by atoms with Crippen molar-refractivity contribution < 1.29 is 22.7 Å². The van der Waals surface area contributed by atoms with Crippen LogP contribution in [0.3, 0.4) is 0 Å². The molecular weight excluding hydrogens is 666 g/mol. The largest absolute Gasteiger partial charge is 0.494 e. The summed E-state index contributed by atoms with van der Waals surface area (Å²) in [6.07, 6.45) is 2.84. The molecule has 0 aliphatic rings. The van der Waals surface area contributed by atoms with E-state index in [9.17, 15) is 18.0 Å². The van der Waals surface area contributed by atoms with Crippen LogP contribution in [0.2, 0.25) is 5.02 Å². The van der Waals surface area contributed by atoms with Crippen LogP contribution >= 0.6 is 23.4 Å². The molecule has 2 amide bonds. The lowest BCUT2D eigenvalue weighted by molar-refractivity contribution is -0.140. The quantitative estimate of drug-likeness (QED) is 0.124. The van der Waals surface area contributed by atoms with Gasteiger partial charge in [-0.15, -0.1) is 11.8 Å². The number of rotatable bonds is 16. The van der Waals surface area contributed by atoms with Gasteiger partial charge in [0, 0.05) is 28.9 Å². The Morgan fingerprint density at radius 3 is 2.10 bits per heavy atom. The molecule has 254 valence electrons. The number of sulfonamides is 1. The fraction of sp³-hybridized carbons (Fsp3) is 0.297. The molecule has 1 N–H and O–H groups in total. The van der Waals surface area contributed by atoms with E-state index in [1.165, 1.54) is 28.8 Å². The fourth-order valence-corrected chi connectivity index (χ4v) is 7.01. The molecule has 4 aromatic carbocycles. The Morgan fingerprint density at radius 1 is 0.875 bits per heavy atom. The highest BCUT2D eigenvalue weighted by molar-refractivity contribution is 7.98. The summed E-state index contributed by atoms with van der Waals surface area (Å²) < 4.78 is 35.3. The van der Waals surface area contributed by atoms with E-state index < -0.39 is 28.5 Å². The number of amides is 2. The number of ether oxygens (including phenoxy) is 1. The Kier molecular flexibility index (Phi) is 13.4. The maximum absolute atomic E-state index is 14.6. The highest BCUT2D eigenvalue weighted by atomic mass is 35.5. The van der Waals surface area contributed by atoms with Crippen molar-refractivity contribution in [1.82, 2.24) is 10.2 Å². The first kappa shape index (κ1) is 36.8. The molecule has 0 aliphatic heterocycles. The average molecular weight is 708 g/mol. The summed E-state index contributed by atoms with van der Waals surface area (Å²) >= 11 is 7.67. The average Bonchev–Trinajstić information content (AvgIpc) is 3.10.